The fraction of sp³-hybridized carbons (Fsp3) is 0.0435. The first-order valence-corrected chi connectivity index (χ1v) is 8.50. The summed E-state index contributed by atoms with van der Waals surface area (Å²) in [6, 6.07) is 27.6. The molecular formula is C23H19NO3. The highest BCUT2D eigenvalue weighted by Crippen LogP contribution is 2.26. The Balaban J connectivity index is 2.16. The molecule has 0 aliphatic rings. The molecule has 0 saturated heterocycles. The van der Waals surface area contributed by atoms with Crippen molar-refractivity contribution in [2.24, 2.45) is 0 Å². The zero-order chi connectivity index (χ0) is 19.1. The third-order valence-corrected chi connectivity index (χ3v) is 4.04. The Bertz CT molecular complexity index is 907. The van der Waals surface area contributed by atoms with Crippen molar-refractivity contribution in [3.63, 3.8) is 0 Å². The summed E-state index contributed by atoms with van der Waals surface area (Å²) in [5, 5.41) is 2.75. The lowest BCUT2D eigenvalue weighted by atomic mass is 9.95. The van der Waals surface area contributed by atoms with Gasteiger partial charge in [0.15, 0.2) is 0 Å². The van der Waals surface area contributed by atoms with Crippen LogP contribution in [0, 0.1) is 0 Å². The van der Waals surface area contributed by atoms with E-state index in [0.717, 1.165) is 11.1 Å². The largest absolute Gasteiger partial charge is 0.464 e. The number of hydrogen-bond donors (Lipinski definition) is 1. The van der Waals surface area contributed by atoms with E-state index in [1.807, 2.05) is 66.7 Å². The monoisotopic (exact) mass is 357 g/mol. The predicted molar refractivity (Wildman–Crippen MR) is 105 cm³/mol. The molecule has 4 nitrogen and oxygen atoms in total. The molecule has 0 aliphatic heterocycles. The van der Waals surface area contributed by atoms with E-state index in [1.165, 1.54) is 7.11 Å². The Labute approximate surface area is 158 Å². The van der Waals surface area contributed by atoms with Gasteiger partial charge in [-0.15, -0.1) is 0 Å². The van der Waals surface area contributed by atoms with Crippen LogP contribution in [0.15, 0.2) is 96.7 Å². The quantitative estimate of drug-likeness (QED) is 0.554. The van der Waals surface area contributed by atoms with Gasteiger partial charge in [-0.05, 0) is 23.3 Å². The van der Waals surface area contributed by atoms with E-state index < -0.39 is 5.97 Å². The van der Waals surface area contributed by atoms with Gasteiger partial charge in [-0.2, -0.15) is 0 Å². The van der Waals surface area contributed by atoms with E-state index in [-0.39, 0.29) is 11.6 Å². The maximum Gasteiger partial charge on any atom is 0.355 e. The van der Waals surface area contributed by atoms with Gasteiger partial charge in [-0.1, -0.05) is 78.9 Å². The molecule has 0 heterocycles. The number of benzene rings is 3. The second-order valence-electron chi connectivity index (χ2n) is 5.79. The van der Waals surface area contributed by atoms with Gasteiger partial charge < -0.3 is 10.1 Å². The fourth-order valence-corrected chi connectivity index (χ4v) is 2.76. The Morgan fingerprint density at radius 1 is 0.667 bits per heavy atom. The van der Waals surface area contributed by atoms with Crippen molar-refractivity contribution < 1.29 is 14.3 Å². The highest BCUT2D eigenvalue weighted by Gasteiger charge is 2.22. The topological polar surface area (TPSA) is 55.4 Å². The molecule has 0 bridgehead atoms. The zero-order valence-electron chi connectivity index (χ0n) is 14.9. The molecule has 0 spiro atoms. The normalized spacial score (nSPS) is 9.96. The van der Waals surface area contributed by atoms with Crippen molar-refractivity contribution in [2.75, 3.05) is 7.11 Å². The molecule has 0 saturated carbocycles. The predicted octanol–water partition coefficient (Wildman–Crippen LogP) is 4.05. The average Bonchev–Trinajstić information content (AvgIpc) is 2.74. The molecule has 1 N–H and O–H groups in total. The number of rotatable bonds is 5. The number of carbonyl (C=O) groups is 2. The van der Waals surface area contributed by atoms with Gasteiger partial charge in [-0.25, -0.2) is 4.79 Å². The third-order valence-electron chi connectivity index (χ3n) is 4.04. The maximum absolute atomic E-state index is 12.7. The van der Waals surface area contributed by atoms with Crippen LogP contribution in [0.3, 0.4) is 0 Å². The Morgan fingerprint density at radius 3 is 1.48 bits per heavy atom. The number of hydrogen-bond acceptors (Lipinski definition) is 3. The first kappa shape index (κ1) is 18.1. The van der Waals surface area contributed by atoms with E-state index in [1.54, 1.807) is 24.3 Å². The first-order chi connectivity index (χ1) is 13.2. The zero-order valence-corrected chi connectivity index (χ0v) is 14.9. The molecule has 1 amide bonds. The molecule has 3 aromatic carbocycles. The molecule has 0 aromatic heterocycles. The van der Waals surface area contributed by atoms with Gasteiger partial charge in [0.05, 0.1) is 7.11 Å². The van der Waals surface area contributed by atoms with E-state index in [4.69, 9.17) is 4.74 Å². The highest BCUT2D eigenvalue weighted by molar-refractivity contribution is 6.07. The smallest absolute Gasteiger partial charge is 0.355 e. The second kappa shape index (κ2) is 8.63. The van der Waals surface area contributed by atoms with Gasteiger partial charge in [0.25, 0.3) is 5.91 Å². The van der Waals surface area contributed by atoms with Crippen LogP contribution < -0.4 is 5.32 Å². The van der Waals surface area contributed by atoms with Gasteiger partial charge >= 0.3 is 5.97 Å². The minimum absolute atomic E-state index is 0.101. The van der Waals surface area contributed by atoms with E-state index in [2.05, 4.69) is 5.32 Å². The van der Waals surface area contributed by atoms with Crippen molar-refractivity contribution >= 4 is 17.4 Å². The molecule has 0 unspecified atom stereocenters. The Kier molecular flexibility index (Phi) is 5.80. The molecule has 0 fully saturated rings. The second-order valence-corrected chi connectivity index (χ2v) is 5.79. The number of amides is 1. The van der Waals surface area contributed by atoms with Crippen LogP contribution in [0.1, 0.15) is 21.5 Å². The SMILES string of the molecule is COC(=O)C(NC(=O)c1ccccc1)=C(c1ccccc1)c1ccccc1. The lowest BCUT2D eigenvalue weighted by Gasteiger charge is -2.16. The molecule has 0 aliphatic carbocycles. The number of methoxy groups -OCH3 is 1. The van der Waals surface area contributed by atoms with Gasteiger partial charge in [-0.3, -0.25) is 4.79 Å². The molecular weight excluding hydrogens is 338 g/mol. The molecule has 27 heavy (non-hydrogen) atoms. The lowest BCUT2D eigenvalue weighted by Crippen LogP contribution is -2.29. The van der Waals surface area contributed by atoms with Crippen molar-refractivity contribution in [3.8, 4) is 0 Å². The molecule has 3 aromatic rings. The van der Waals surface area contributed by atoms with Crippen LogP contribution in [-0.4, -0.2) is 19.0 Å². The average molecular weight is 357 g/mol. The highest BCUT2D eigenvalue weighted by atomic mass is 16.5. The Morgan fingerprint density at radius 2 is 1.07 bits per heavy atom. The van der Waals surface area contributed by atoms with Crippen LogP contribution in [-0.2, 0) is 9.53 Å². The first-order valence-electron chi connectivity index (χ1n) is 8.50. The summed E-state index contributed by atoms with van der Waals surface area (Å²) >= 11 is 0. The van der Waals surface area contributed by atoms with Crippen LogP contribution >= 0.6 is 0 Å². The molecule has 3 rings (SSSR count). The summed E-state index contributed by atoms with van der Waals surface area (Å²) in [5.74, 6) is -0.984. The van der Waals surface area contributed by atoms with Crippen LogP contribution in [0.2, 0.25) is 0 Å². The summed E-state index contributed by atoms with van der Waals surface area (Å²) < 4.78 is 4.96. The number of ether oxygens (including phenoxy) is 1. The van der Waals surface area contributed by atoms with Crippen LogP contribution in [0.5, 0.6) is 0 Å². The molecule has 0 atom stereocenters. The van der Waals surface area contributed by atoms with E-state index in [0.29, 0.717) is 11.1 Å². The number of nitrogens with one attached hydrogen (secondary N) is 1. The summed E-state index contributed by atoms with van der Waals surface area (Å²) in [5.41, 5.74) is 2.77. The minimum Gasteiger partial charge on any atom is -0.464 e. The summed E-state index contributed by atoms with van der Waals surface area (Å²) in [7, 11) is 1.30. The van der Waals surface area contributed by atoms with Crippen molar-refractivity contribution in [3.05, 3.63) is 113 Å². The van der Waals surface area contributed by atoms with Crippen molar-refractivity contribution in [1.29, 1.82) is 0 Å². The van der Waals surface area contributed by atoms with E-state index >= 15 is 0 Å². The van der Waals surface area contributed by atoms with Crippen LogP contribution in [0.4, 0.5) is 0 Å². The number of esters is 1. The Hall–Kier alpha value is -3.66. The standard InChI is InChI=1S/C23H19NO3/c1-27-23(26)21(24-22(25)19-15-9-4-10-16-19)20(17-11-5-2-6-12-17)18-13-7-3-8-14-18/h2-16H,1H3,(H,24,25). The minimum atomic E-state index is -0.609. The van der Waals surface area contributed by atoms with Crippen LogP contribution in [0.25, 0.3) is 5.57 Å². The van der Waals surface area contributed by atoms with E-state index in [9.17, 15) is 9.59 Å². The van der Waals surface area contributed by atoms with Gasteiger partial charge in [0.1, 0.15) is 5.70 Å². The van der Waals surface area contributed by atoms with Gasteiger partial charge in [0.2, 0.25) is 0 Å². The van der Waals surface area contributed by atoms with Crippen molar-refractivity contribution in [2.45, 2.75) is 0 Å². The fourth-order valence-electron chi connectivity index (χ4n) is 2.76. The lowest BCUT2D eigenvalue weighted by molar-refractivity contribution is -0.136. The summed E-state index contributed by atoms with van der Waals surface area (Å²) in [6.45, 7) is 0. The summed E-state index contributed by atoms with van der Waals surface area (Å²) in [4.78, 5) is 25.3. The molecule has 4 heteroatoms. The number of carbonyl (C=O) groups excluding carboxylic acids is 2. The van der Waals surface area contributed by atoms with Gasteiger partial charge in [0, 0.05) is 11.1 Å². The molecule has 134 valence electrons. The third kappa shape index (κ3) is 4.30. The summed E-state index contributed by atoms with van der Waals surface area (Å²) in [6.07, 6.45) is 0. The molecule has 0 radical (unpaired) electrons. The van der Waals surface area contributed by atoms with Crippen molar-refractivity contribution in [1.82, 2.24) is 5.32 Å². The maximum atomic E-state index is 12.7.